The fourth-order valence-corrected chi connectivity index (χ4v) is 1.95. The van der Waals surface area contributed by atoms with Gasteiger partial charge in [-0.25, -0.2) is 0 Å². The summed E-state index contributed by atoms with van der Waals surface area (Å²) in [5.74, 6) is 0.531. The quantitative estimate of drug-likeness (QED) is 0.902. The first kappa shape index (κ1) is 14.4. The van der Waals surface area contributed by atoms with Gasteiger partial charge in [-0.2, -0.15) is 0 Å². The Balaban J connectivity index is 2.29. The molecule has 0 bridgehead atoms. The first-order chi connectivity index (χ1) is 9.32. The van der Waals surface area contributed by atoms with E-state index in [1.54, 1.807) is 23.1 Å². The first-order valence-electron chi connectivity index (χ1n) is 6.71. The summed E-state index contributed by atoms with van der Waals surface area (Å²) >= 11 is 0. The van der Waals surface area contributed by atoms with Crippen LogP contribution in [0.2, 0.25) is 0 Å². The number of fused-ring (bicyclic) bond motifs is 1. The molecule has 1 aromatic carbocycles. The third-order valence-corrected chi connectivity index (χ3v) is 3.16. The number of nitrogens with one attached hydrogen (secondary N) is 1. The van der Waals surface area contributed by atoms with Crippen molar-refractivity contribution in [1.29, 1.82) is 0 Å². The van der Waals surface area contributed by atoms with E-state index in [1.165, 1.54) is 0 Å². The van der Waals surface area contributed by atoms with E-state index in [9.17, 15) is 9.59 Å². The molecule has 0 atom stereocenters. The summed E-state index contributed by atoms with van der Waals surface area (Å²) in [5.41, 5.74) is 0.906. The number of likely N-dealkylation sites (N-methyl/N-ethyl adjacent to an activating group) is 1. The van der Waals surface area contributed by atoms with E-state index < -0.39 is 5.41 Å². The van der Waals surface area contributed by atoms with Gasteiger partial charge in [0.05, 0.1) is 5.69 Å². The summed E-state index contributed by atoms with van der Waals surface area (Å²) in [4.78, 5) is 25.4. The number of hydrogen-bond donors (Lipinski definition) is 1. The summed E-state index contributed by atoms with van der Waals surface area (Å²) < 4.78 is 5.39. The van der Waals surface area contributed by atoms with Crippen LogP contribution in [-0.2, 0) is 9.59 Å². The Hall–Kier alpha value is -2.04. The van der Waals surface area contributed by atoms with Gasteiger partial charge in [-0.1, -0.05) is 20.8 Å². The van der Waals surface area contributed by atoms with Crippen molar-refractivity contribution in [3.8, 4) is 5.75 Å². The molecule has 0 radical (unpaired) electrons. The lowest BCUT2D eigenvalue weighted by Crippen LogP contribution is -2.38. The van der Waals surface area contributed by atoms with Gasteiger partial charge in [-0.15, -0.1) is 0 Å². The molecule has 20 heavy (non-hydrogen) atoms. The highest BCUT2D eigenvalue weighted by Crippen LogP contribution is 2.34. The van der Waals surface area contributed by atoms with Gasteiger partial charge in [0, 0.05) is 17.6 Å². The summed E-state index contributed by atoms with van der Waals surface area (Å²) in [6, 6.07) is 5.34. The van der Waals surface area contributed by atoms with Gasteiger partial charge in [-0.05, 0) is 25.1 Å². The van der Waals surface area contributed by atoms with Gasteiger partial charge in [0.25, 0.3) is 5.91 Å². The Morgan fingerprint density at radius 3 is 2.70 bits per heavy atom. The molecule has 1 N–H and O–H groups in total. The molecule has 0 aromatic heterocycles. The second kappa shape index (κ2) is 5.15. The monoisotopic (exact) mass is 276 g/mol. The Kier molecular flexibility index (Phi) is 3.70. The zero-order valence-electron chi connectivity index (χ0n) is 12.3. The van der Waals surface area contributed by atoms with Crippen LogP contribution in [0.25, 0.3) is 0 Å². The highest BCUT2D eigenvalue weighted by atomic mass is 16.5. The minimum Gasteiger partial charge on any atom is -0.482 e. The maximum absolute atomic E-state index is 12.0. The van der Waals surface area contributed by atoms with Crippen molar-refractivity contribution < 1.29 is 14.3 Å². The second-order valence-electron chi connectivity index (χ2n) is 5.81. The molecule has 0 aliphatic carbocycles. The van der Waals surface area contributed by atoms with Crippen LogP contribution >= 0.6 is 0 Å². The van der Waals surface area contributed by atoms with Crippen molar-refractivity contribution >= 4 is 23.2 Å². The van der Waals surface area contributed by atoms with Crippen LogP contribution in [-0.4, -0.2) is 25.0 Å². The van der Waals surface area contributed by atoms with Crippen LogP contribution in [0.15, 0.2) is 18.2 Å². The van der Waals surface area contributed by atoms with Gasteiger partial charge in [0.1, 0.15) is 5.75 Å². The van der Waals surface area contributed by atoms with E-state index in [2.05, 4.69) is 5.32 Å². The molecule has 5 nitrogen and oxygen atoms in total. The molecule has 2 rings (SSSR count). The van der Waals surface area contributed by atoms with Gasteiger partial charge >= 0.3 is 0 Å². The van der Waals surface area contributed by atoms with Gasteiger partial charge in [0.2, 0.25) is 5.91 Å². The van der Waals surface area contributed by atoms with Crippen LogP contribution in [0.1, 0.15) is 27.7 Å². The van der Waals surface area contributed by atoms with Crippen molar-refractivity contribution in [2.45, 2.75) is 27.7 Å². The number of amides is 2. The molecule has 1 aliphatic rings. The predicted molar refractivity (Wildman–Crippen MR) is 78.0 cm³/mol. The van der Waals surface area contributed by atoms with Crippen molar-refractivity contribution in [2.24, 2.45) is 5.41 Å². The normalized spacial score (nSPS) is 14.6. The molecule has 2 amide bonds. The van der Waals surface area contributed by atoms with E-state index in [0.29, 0.717) is 23.7 Å². The zero-order chi connectivity index (χ0) is 14.9. The maximum Gasteiger partial charge on any atom is 0.265 e. The molecule has 0 spiro atoms. The van der Waals surface area contributed by atoms with Crippen LogP contribution in [0.3, 0.4) is 0 Å². The zero-order valence-corrected chi connectivity index (χ0v) is 12.3. The predicted octanol–water partition coefficient (Wildman–Crippen LogP) is 2.42. The number of hydrogen-bond acceptors (Lipinski definition) is 3. The molecule has 0 fully saturated rings. The van der Waals surface area contributed by atoms with Gasteiger partial charge in [-0.3, -0.25) is 9.59 Å². The molecule has 1 aromatic rings. The molecule has 0 saturated carbocycles. The Bertz CT molecular complexity index is 547. The first-order valence-corrected chi connectivity index (χ1v) is 6.71. The van der Waals surface area contributed by atoms with Crippen molar-refractivity contribution in [3.05, 3.63) is 18.2 Å². The minimum absolute atomic E-state index is 0.0640. The fourth-order valence-electron chi connectivity index (χ4n) is 1.95. The minimum atomic E-state index is -0.466. The average Bonchev–Trinajstić information content (AvgIpc) is 2.37. The van der Waals surface area contributed by atoms with Crippen LogP contribution in [0.5, 0.6) is 5.75 Å². The lowest BCUT2D eigenvalue weighted by atomic mass is 9.95. The van der Waals surface area contributed by atoms with Gasteiger partial charge < -0.3 is 15.0 Å². The summed E-state index contributed by atoms with van der Waals surface area (Å²) in [5, 5.41) is 2.86. The molecular weight excluding hydrogens is 256 g/mol. The van der Waals surface area contributed by atoms with E-state index >= 15 is 0 Å². The van der Waals surface area contributed by atoms with Gasteiger partial charge in [0.15, 0.2) is 6.61 Å². The van der Waals surface area contributed by atoms with E-state index in [1.807, 2.05) is 27.7 Å². The Morgan fingerprint density at radius 2 is 2.10 bits per heavy atom. The molecule has 1 aliphatic heterocycles. The third kappa shape index (κ3) is 2.76. The molecule has 5 heteroatoms. The second-order valence-corrected chi connectivity index (χ2v) is 5.81. The van der Waals surface area contributed by atoms with E-state index in [4.69, 9.17) is 4.74 Å². The Morgan fingerprint density at radius 1 is 1.40 bits per heavy atom. The van der Waals surface area contributed by atoms with Crippen molar-refractivity contribution in [1.82, 2.24) is 0 Å². The molecule has 1 heterocycles. The van der Waals surface area contributed by atoms with Crippen LogP contribution in [0.4, 0.5) is 11.4 Å². The maximum atomic E-state index is 12.0. The highest BCUT2D eigenvalue weighted by molar-refractivity contribution is 6.00. The number of carbonyl (C=O) groups excluding carboxylic acids is 2. The summed E-state index contributed by atoms with van der Waals surface area (Å²) in [6.07, 6.45) is 0. The van der Waals surface area contributed by atoms with E-state index in [-0.39, 0.29) is 18.4 Å². The average molecular weight is 276 g/mol. The molecule has 0 saturated heterocycles. The number of rotatable bonds is 2. The molecular formula is C15H20N2O3. The number of nitrogens with zero attached hydrogens (tertiary/aromatic N) is 1. The number of benzene rings is 1. The Labute approximate surface area is 118 Å². The lowest BCUT2D eigenvalue weighted by Gasteiger charge is -2.29. The largest absolute Gasteiger partial charge is 0.482 e. The number of ether oxygens (including phenoxy) is 1. The van der Waals surface area contributed by atoms with Crippen molar-refractivity contribution in [2.75, 3.05) is 23.4 Å². The van der Waals surface area contributed by atoms with E-state index in [0.717, 1.165) is 0 Å². The van der Waals surface area contributed by atoms with Crippen molar-refractivity contribution in [3.63, 3.8) is 0 Å². The third-order valence-electron chi connectivity index (χ3n) is 3.16. The summed E-state index contributed by atoms with van der Waals surface area (Å²) in [7, 11) is 0. The number of anilines is 2. The molecule has 108 valence electrons. The smallest absolute Gasteiger partial charge is 0.265 e. The highest BCUT2D eigenvalue weighted by Gasteiger charge is 2.26. The summed E-state index contributed by atoms with van der Waals surface area (Å²) in [6.45, 7) is 8.11. The lowest BCUT2D eigenvalue weighted by molar-refractivity contribution is -0.123. The molecule has 0 unspecified atom stereocenters. The fraction of sp³-hybridized carbons (Fsp3) is 0.467. The SMILES string of the molecule is CCN1C(=O)COc2ccc(NC(=O)C(C)(C)C)cc21. The topological polar surface area (TPSA) is 58.6 Å². The van der Waals surface area contributed by atoms with Crippen LogP contribution in [0, 0.1) is 5.41 Å². The van der Waals surface area contributed by atoms with Crippen LogP contribution < -0.4 is 15.0 Å². The standard InChI is InChI=1S/C15H20N2O3/c1-5-17-11-8-10(16-14(19)15(2,3)4)6-7-12(11)20-9-13(17)18/h6-8H,5,9H2,1-4H3,(H,16,19). The number of carbonyl (C=O) groups is 2.